The number of rotatable bonds is 0. The van der Waals surface area contributed by atoms with Gasteiger partial charge in [0.25, 0.3) is 0 Å². The molecular weight excluding hydrogens is 204 g/mol. The van der Waals surface area contributed by atoms with Gasteiger partial charge in [0.2, 0.25) is 11.0 Å². The summed E-state index contributed by atoms with van der Waals surface area (Å²) in [6.45, 7) is 3.74. The maximum atomic E-state index is 12.1. The van der Waals surface area contributed by atoms with Gasteiger partial charge in [-0.15, -0.1) is 0 Å². The first kappa shape index (κ1) is 9.21. The van der Waals surface area contributed by atoms with Crippen molar-refractivity contribution in [3.8, 4) is 0 Å². The topological polar surface area (TPSA) is 43.4 Å². The maximum absolute atomic E-state index is 12.1. The van der Waals surface area contributed by atoms with Gasteiger partial charge in [-0.3, -0.25) is 4.79 Å². The van der Waals surface area contributed by atoms with Crippen molar-refractivity contribution in [3.63, 3.8) is 0 Å². The molecule has 0 amide bonds. The highest BCUT2D eigenvalue weighted by Crippen LogP contribution is 2.21. The highest BCUT2D eigenvalue weighted by molar-refractivity contribution is 5.87. The Hall–Kier alpha value is -2.03. The van der Waals surface area contributed by atoms with Crippen molar-refractivity contribution >= 4 is 22.1 Å². The molecule has 3 nitrogen and oxygen atoms in total. The number of benzene rings is 1. The second kappa shape index (κ2) is 2.98. The summed E-state index contributed by atoms with van der Waals surface area (Å²) in [7, 11) is 0. The first-order valence-electron chi connectivity index (χ1n) is 5.09. The average molecular weight is 214 g/mol. The Morgan fingerprint density at radius 2 is 1.81 bits per heavy atom. The van der Waals surface area contributed by atoms with E-state index in [1.807, 2.05) is 25.1 Å². The van der Waals surface area contributed by atoms with Gasteiger partial charge in [0.15, 0.2) is 5.58 Å². The van der Waals surface area contributed by atoms with E-state index in [9.17, 15) is 4.79 Å². The van der Waals surface area contributed by atoms with Gasteiger partial charge in [0.1, 0.15) is 11.3 Å². The first-order valence-corrected chi connectivity index (χ1v) is 5.09. The Morgan fingerprint density at radius 1 is 1.00 bits per heavy atom. The molecule has 0 bridgehead atoms. The molecule has 1 aromatic carbocycles. The van der Waals surface area contributed by atoms with Crippen molar-refractivity contribution in [1.29, 1.82) is 0 Å². The van der Waals surface area contributed by atoms with E-state index in [4.69, 9.17) is 8.83 Å². The molecule has 0 radical (unpaired) electrons. The van der Waals surface area contributed by atoms with Crippen LogP contribution in [0.25, 0.3) is 22.1 Å². The minimum atomic E-state index is -0.104. The summed E-state index contributed by atoms with van der Waals surface area (Å²) < 4.78 is 10.9. The zero-order chi connectivity index (χ0) is 11.3. The third-order valence-electron chi connectivity index (χ3n) is 2.63. The molecule has 80 valence electrons. The summed E-state index contributed by atoms with van der Waals surface area (Å²) in [4.78, 5) is 12.1. The molecule has 0 atom stereocenters. The van der Waals surface area contributed by atoms with Crippen LogP contribution in [-0.2, 0) is 0 Å². The summed E-state index contributed by atoms with van der Waals surface area (Å²) in [5.74, 6) is 0.683. The van der Waals surface area contributed by atoms with E-state index in [1.165, 1.54) is 0 Å². The summed E-state index contributed by atoms with van der Waals surface area (Å²) in [5.41, 5.74) is 2.34. The molecule has 0 fully saturated rings. The molecule has 0 aliphatic rings. The molecule has 0 N–H and O–H groups in total. The van der Waals surface area contributed by atoms with Gasteiger partial charge in [-0.1, -0.05) is 11.6 Å². The molecular formula is C13H10O3. The number of furan rings is 1. The largest absolute Gasteiger partial charge is 0.454 e. The van der Waals surface area contributed by atoms with Crippen LogP contribution in [0.2, 0.25) is 0 Å². The summed E-state index contributed by atoms with van der Waals surface area (Å²) in [5, 5.41) is 0.571. The van der Waals surface area contributed by atoms with Crippen molar-refractivity contribution in [2.45, 2.75) is 13.8 Å². The van der Waals surface area contributed by atoms with Crippen LogP contribution in [0.3, 0.4) is 0 Å². The number of aryl methyl sites for hydroxylation is 2. The monoisotopic (exact) mass is 214 g/mol. The molecule has 3 heteroatoms. The Bertz CT molecular complexity index is 747. The third-order valence-corrected chi connectivity index (χ3v) is 2.63. The van der Waals surface area contributed by atoms with Gasteiger partial charge in [-0.2, -0.15) is 0 Å². The predicted molar refractivity (Wildman–Crippen MR) is 61.7 cm³/mol. The number of hydrogen-bond donors (Lipinski definition) is 0. The van der Waals surface area contributed by atoms with Crippen molar-refractivity contribution in [2.75, 3.05) is 0 Å². The fraction of sp³-hybridized carbons (Fsp3) is 0.154. The van der Waals surface area contributed by atoms with Crippen molar-refractivity contribution in [3.05, 3.63) is 45.8 Å². The lowest BCUT2D eigenvalue weighted by Crippen LogP contribution is -2.00. The Kier molecular flexibility index (Phi) is 1.72. The van der Waals surface area contributed by atoms with E-state index in [2.05, 4.69) is 0 Å². The standard InChI is InChI=1S/C13H10O3/c1-7-3-4-10-9(5-7)12(14)13-11(16-10)6-8(2)15-13/h3-6H,1-2H3. The van der Waals surface area contributed by atoms with E-state index in [1.54, 1.807) is 13.0 Å². The summed E-state index contributed by atoms with van der Waals surface area (Å²) >= 11 is 0. The molecule has 3 aromatic rings. The lowest BCUT2D eigenvalue weighted by molar-refractivity contribution is 0.570. The van der Waals surface area contributed by atoms with Crippen molar-refractivity contribution in [1.82, 2.24) is 0 Å². The third kappa shape index (κ3) is 1.18. The van der Waals surface area contributed by atoms with E-state index in [0.717, 1.165) is 5.56 Å². The molecule has 2 aromatic heterocycles. The highest BCUT2D eigenvalue weighted by Gasteiger charge is 2.11. The fourth-order valence-electron chi connectivity index (χ4n) is 1.88. The second-order valence-corrected chi connectivity index (χ2v) is 3.98. The minimum Gasteiger partial charge on any atom is -0.454 e. The summed E-state index contributed by atoms with van der Waals surface area (Å²) in [6, 6.07) is 7.28. The first-order chi connectivity index (χ1) is 7.65. The molecule has 0 spiro atoms. The Morgan fingerprint density at radius 3 is 2.62 bits per heavy atom. The molecule has 0 unspecified atom stereocenters. The van der Waals surface area contributed by atoms with Crippen LogP contribution in [0.1, 0.15) is 11.3 Å². The molecule has 2 heterocycles. The van der Waals surface area contributed by atoms with Crippen LogP contribution in [0.15, 0.2) is 37.9 Å². The molecule has 0 aliphatic heterocycles. The predicted octanol–water partition coefficient (Wildman–Crippen LogP) is 3.16. The van der Waals surface area contributed by atoms with E-state index >= 15 is 0 Å². The Labute approximate surface area is 91.3 Å². The molecule has 0 saturated heterocycles. The van der Waals surface area contributed by atoms with Gasteiger partial charge >= 0.3 is 0 Å². The molecule has 0 saturated carbocycles. The quantitative estimate of drug-likeness (QED) is 0.577. The zero-order valence-corrected chi connectivity index (χ0v) is 9.03. The van der Waals surface area contributed by atoms with Crippen molar-refractivity contribution in [2.24, 2.45) is 0 Å². The minimum absolute atomic E-state index is 0.104. The number of hydrogen-bond acceptors (Lipinski definition) is 3. The van der Waals surface area contributed by atoms with Gasteiger partial charge in [0.05, 0.1) is 5.39 Å². The van der Waals surface area contributed by atoms with Crippen LogP contribution in [0, 0.1) is 13.8 Å². The lowest BCUT2D eigenvalue weighted by Gasteiger charge is -1.97. The molecule has 0 aliphatic carbocycles. The van der Waals surface area contributed by atoms with Gasteiger partial charge in [-0.25, -0.2) is 0 Å². The van der Waals surface area contributed by atoms with Crippen LogP contribution in [0.5, 0.6) is 0 Å². The summed E-state index contributed by atoms with van der Waals surface area (Å²) in [6.07, 6.45) is 0. The van der Waals surface area contributed by atoms with Gasteiger partial charge in [-0.05, 0) is 26.0 Å². The smallest absolute Gasteiger partial charge is 0.235 e. The van der Waals surface area contributed by atoms with Crippen LogP contribution in [-0.4, -0.2) is 0 Å². The average Bonchev–Trinajstić information content (AvgIpc) is 2.61. The van der Waals surface area contributed by atoms with Gasteiger partial charge in [0, 0.05) is 6.07 Å². The number of fused-ring (bicyclic) bond motifs is 2. The van der Waals surface area contributed by atoms with E-state index in [-0.39, 0.29) is 5.43 Å². The van der Waals surface area contributed by atoms with Crippen LogP contribution < -0.4 is 5.43 Å². The van der Waals surface area contributed by atoms with E-state index in [0.29, 0.717) is 27.9 Å². The second-order valence-electron chi connectivity index (χ2n) is 3.98. The Balaban J connectivity index is 2.60. The fourth-order valence-corrected chi connectivity index (χ4v) is 1.88. The molecule has 16 heavy (non-hydrogen) atoms. The molecule has 3 rings (SSSR count). The lowest BCUT2D eigenvalue weighted by atomic mass is 10.1. The van der Waals surface area contributed by atoms with Gasteiger partial charge < -0.3 is 8.83 Å². The highest BCUT2D eigenvalue weighted by atomic mass is 16.4. The van der Waals surface area contributed by atoms with Crippen LogP contribution in [0.4, 0.5) is 0 Å². The van der Waals surface area contributed by atoms with E-state index < -0.39 is 0 Å². The maximum Gasteiger partial charge on any atom is 0.235 e. The SMILES string of the molecule is Cc1ccc2oc3cc(C)oc3c(=O)c2c1. The normalized spacial score (nSPS) is 11.4. The zero-order valence-electron chi connectivity index (χ0n) is 9.03. The van der Waals surface area contributed by atoms with Crippen LogP contribution >= 0.6 is 0 Å². The van der Waals surface area contributed by atoms with Crippen molar-refractivity contribution < 1.29 is 8.83 Å².